The van der Waals surface area contributed by atoms with Crippen molar-refractivity contribution in [2.45, 2.75) is 30.1 Å². The van der Waals surface area contributed by atoms with Crippen LogP contribution in [0.3, 0.4) is 0 Å². The number of rotatable bonds is 4. The van der Waals surface area contributed by atoms with Crippen LogP contribution in [0.15, 0.2) is 24.3 Å². The van der Waals surface area contributed by atoms with Gasteiger partial charge in [0.25, 0.3) is 0 Å². The van der Waals surface area contributed by atoms with Crippen molar-refractivity contribution in [3.05, 3.63) is 30.1 Å². The van der Waals surface area contributed by atoms with Crippen LogP contribution in [-0.2, 0) is 9.84 Å². The molecule has 106 valence electrons. The van der Waals surface area contributed by atoms with Gasteiger partial charge in [-0.05, 0) is 43.5 Å². The first-order valence-electron chi connectivity index (χ1n) is 6.21. The van der Waals surface area contributed by atoms with Gasteiger partial charge in [0.1, 0.15) is 5.82 Å². The third-order valence-corrected chi connectivity index (χ3v) is 5.46. The number of anilines is 1. The Morgan fingerprint density at radius 1 is 1.42 bits per heavy atom. The molecule has 0 amide bonds. The lowest BCUT2D eigenvalue weighted by atomic mass is 9.98. The summed E-state index contributed by atoms with van der Waals surface area (Å²) in [6.45, 7) is -0.262. The van der Waals surface area contributed by atoms with Crippen molar-refractivity contribution in [1.82, 2.24) is 0 Å². The van der Waals surface area contributed by atoms with Crippen molar-refractivity contribution in [1.29, 1.82) is 0 Å². The van der Waals surface area contributed by atoms with Crippen LogP contribution in [-0.4, -0.2) is 37.2 Å². The number of nitrogens with one attached hydrogen (secondary N) is 1. The maximum atomic E-state index is 12.9. The van der Waals surface area contributed by atoms with Gasteiger partial charge in [0.15, 0.2) is 9.84 Å². The van der Waals surface area contributed by atoms with Crippen LogP contribution >= 0.6 is 0 Å². The Labute approximate surface area is 112 Å². The van der Waals surface area contributed by atoms with E-state index in [9.17, 15) is 17.9 Å². The van der Waals surface area contributed by atoms with Gasteiger partial charge in [-0.25, -0.2) is 12.8 Å². The minimum Gasteiger partial charge on any atom is -0.394 e. The Balaban J connectivity index is 2.30. The van der Waals surface area contributed by atoms with Crippen LogP contribution in [0.2, 0.25) is 0 Å². The first-order chi connectivity index (χ1) is 8.87. The van der Waals surface area contributed by atoms with Crippen LogP contribution < -0.4 is 5.32 Å². The molecule has 2 atom stereocenters. The van der Waals surface area contributed by atoms with E-state index >= 15 is 0 Å². The molecule has 0 aliphatic heterocycles. The van der Waals surface area contributed by atoms with Gasteiger partial charge in [-0.2, -0.15) is 0 Å². The fraction of sp³-hybridized carbons (Fsp3) is 0.538. The van der Waals surface area contributed by atoms with Crippen molar-refractivity contribution in [2.24, 2.45) is 0 Å². The molecule has 0 saturated heterocycles. The highest BCUT2D eigenvalue weighted by Gasteiger charge is 2.47. The van der Waals surface area contributed by atoms with Crippen molar-refractivity contribution in [2.75, 3.05) is 18.2 Å². The lowest BCUT2D eigenvalue weighted by Gasteiger charge is -2.34. The molecular weight excluding hydrogens is 269 g/mol. The van der Waals surface area contributed by atoms with Crippen LogP contribution in [0, 0.1) is 5.82 Å². The monoisotopic (exact) mass is 287 g/mol. The highest BCUT2D eigenvalue weighted by molar-refractivity contribution is 7.91. The minimum absolute atomic E-state index is 0.262. The maximum Gasteiger partial charge on any atom is 0.152 e. The summed E-state index contributed by atoms with van der Waals surface area (Å²) in [6, 6.07) is 5.70. The van der Waals surface area contributed by atoms with E-state index in [0.29, 0.717) is 18.5 Å². The predicted molar refractivity (Wildman–Crippen MR) is 72.3 cm³/mol. The van der Waals surface area contributed by atoms with Gasteiger partial charge in [0, 0.05) is 11.9 Å². The third-order valence-electron chi connectivity index (χ3n) is 3.74. The van der Waals surface area contributed by atoms with E-state index in [-0.39, 0.29) is 12.4 Å². The molecule has 2 unspecified atom stereocenters. The molecule has 0 bridgehead atoms. The van der Waals surface area contributed by atoms with Gasteiger partial charge in [0.05, 0.1) is 17.4 Å². The lowest BCUT2D eigenvalue weighted by Crippen LogP contribution is -2.51. The summed E-state index contributed by atoms with van der Waals surface area (Å²) >= 11 is 0. The first kappa shape index (κ1) is 14.3. The number of sulfone groups is 1. The predicted octanol–water partition coefficient (Wildman–Crippen LogP) is 1.57. The second kappa shape index (κ2) is 5.09. The number of aliphatic hydroxyl groups excluding tert-OH is 1. The molecule has 1 aliphatic carbocycles. The van der Waals surface area contributed by atoms with E-state index in [2.05, 4.69) is 5.32 Å². The molecule has 0 spiro atoms. The quantitative estimate of drug-likeness (QED) is 0.882. The van der Waals surface area contributed by atoms with Crippen molar-refractivity contribution in [3.63, 3.8) is 0 Å². The summed E-state index contributed by atoms with van der Waals surface area (Å²) in [7, 11) is -3.25. The number of benzene rings is 1. The molecule has 2 rings (SSSR count). The summed E-state index contributed by atoms with van der Waals surface area (Å²) in [5.41, 5.74) is -0.253. The van der Waals surface area contributed by atoms with E-state index in [0.717, 1.165) is 6.42 Å². The largest absolute Gasteiger partial charge is 0.394 e. The highest BCUT2D eigenvalue weighted by Crippen LogP contribution is 2.37. The average Bonchev–Trinajstić information content (AvgIpc) is 2.76. The van der Waals surface area contributed by atoms with E-state index < -0.39 is 20.6 Å². The molecule has 1 aromatic rings. The summed E-state index contributed by atoms with van der Waals surface area (Å²) in [6.07, 6.45) is 3.05. The molecule has 0 heterocycles. The van der Waals surface area contributed by atoms with Crippen LogP contribution in [0.4, 0.5) is 10.1 Å². The standard InChI is InChI=1S/C13H18FNO3S/c1-19(17,18)12-3-2-8-13(12,9-16)15-11-6-4-10(14)5-7-11/h4-7,12,15-16H,2-3,8-9H2,1H3. The summed E-state index contributed by atoms with van der Waals surface area (Å²) in [5.74, 6) is -0.352. The van der Waals surface area contributed by atoms with E-state index in [4.69, 9.17) is 0 Å². The summed E-state index contributed by atoms with van der Waals surface area (Å²) in [5, 5.41) is 12.1. The molecular formula is C13H18FNO3S. The van der Waals surface area contributed by atoms with E-state index in [1.54, 1.807) is 12.1 Å². The Hall–Kier alpha value is -1.14. The third kappa shape index (κ3) is 2.90. The van der Waals surface area contributed by atoms with Crippen LogP contribution in [0.5, 0.6) is 0 Å². The SMILES string of the molecule is CS(=O)(=O)C1CCCC1(CO)Nc1ccc(F)cc1. The normalized spacial score (nSPS) is 27.4. The molecule has 19 heavy (non-hydrogen) atoms. The summed E-state index contributed by atoms with van der Waals surface area (Å²) < 4.78 is 36.6. The van der Waals surface area contributed by atoms with E-state index in [1.807, 2.05) is 0 Å². The minimum atomic E-state index is -3.25. The molecule has 0 radical (unpaired) electrons. The average molecular weight is 287 g/mol. The number of hydrogen-bond donors (Lipinski definition) is 2. The second-order valence-electron chi connectivity index (χ2n) is 5.16. The number of halogens is 1. The van der Waals surface area contributed by atoms with Gasteiger partial charge in [-0.15, -0.1) is 0 Å². The molecule has 2 N–H and O–H groups in total. The Bertz CT molecular complexity index is 544. The Morgan fingerprint density at radius 2 is 2.05 bits per heavy atom. The smallest absolute Gasteiger partial charge is 0.152 e. The fourth-order valence-corrected chi connectivity index (χ4v) is 4.51. The Morgan fingerprint density at radius 3 is 2.58 bits per heavy atom. The molecule has 1 aromatic carbocycles. The zero-order chi connectivity index (χ0) is 14.1. The molecule has 1 aliphatic rings. The van der Waals surface area contributed by atoms with Gasteiger partial charge in [-0.1, -0.05) is 0 Å². The maximum absolute atomic E-state index is 12.9. The second-order valence-corrected chi connectivity index (χ2v) is 7.38. The first-order valence-corrected chi connectivity index (χ1v) is 8.16. The molecule has 1 fully saturated rings. The summed E-state index contributed by atoms with van der Waals surface area (Å²) in [4.78, 5) is 0. The van der Waals surface area contributed by atoms with Gasteiger partial charge >= 0.3 is 0 Å². The molecule has 0 aromatic heterocycles. The van der Waals surface area contributed by atoms with E-state index in [1.165, 1.54) is 18.4 Å². The van der Waals surface area contributed by atoms with Crippen LogP contribution in [0.25, 0.3) is 0 Å². The van der Waals surface area contributed by atoms with Crippen molar-refractivity contribution >= 4 is 15.5 Å². The molecule has 6 heteroatoms. The number of hydrogen-bond acceptors (Lipinski definition) is 4. The van der Waals surface area contributed by atoms with Crippen molar-refractivity contribution < 1.29 is 17.9 Å². The van der Waals surface area contributed by atoms with Crippen LogP contribution in [0.1, 0.15) is 19.3 Å². The lowest BCUT2D eigenvalue weighted by molar-refractivity contribution is 0.215. The highest BCUT2D eigenvalue weighted by atomic mass is 32.2. The van der Waals surface area contributed by atoms with Gasteiger partial charge in [-0.3, -0.25) is 0 Å². The van der Waals surface area contributed by atoms with Crippen molar-refractivity contribution in [3.8, 4) is 0 Å². The zero-order valence-corrected chi connectivity index (χ0v) is 11.6. The van der Waals surface area contributed by atoms with Gasteiger partial charge < -0.3 is 10.4 Å². The topological polar surface area (TPSA) is 66.4 Å². The Kier molecular flexibility index (Phi) is 3.82. The van der Waals surface area contributed by atoms with Gasteiger partial charge in [0.2, 0.25) is 0 Å². The molecule has 1 saturated carbocycles. The fourth-order valence-electron chi connectivity index (χ4n) is 2.85. The molecule has 4 nitrogen and oxygen atoms in total. The number of aliphatic hydroxyl groups is 1. The zero-order valence-electron chi connectivity index (χ0n) is 10.8.